The fraction of sp³-hybridized carbons (Fsp3) is 0.710. The molecule has 40 heavy (non-hydrogen) atoms. The van der Waals surface area contributed by atoms with E-state index in [2.05, 4.69) is 26.8 Å². The standard InChI is InChI=1S/C31H49NO5P2S/c1-5-6-10-24(29(33)28-18-13-25(28)20-37-30(34)23-11-8-7-9-12-23)19-31(3,4)22(2)21-40(35,36)32(38-26-14-15-26)39-27-16-17-27/h7-9,11-12,19,22,25-29,33,38-39H,5-6,10,13-18,20-21H2,1-4H3/b24-19+/t22-,25+,28-,29+/m1/s1. The van der Waals surface area contributed by atoms with Crippen molar-refractivity contribution in [3.8, 4) is 0 Å². The van der Waals surface area contributed by atoms with Crippen LogP contribution in [-0.4, -0.2) is 53.1 Å². The van der Waals surface area contributed by atoms with Gasteiger partial charge in [0.1, 0.15) is 0 Å². The van der Waals surface area contributed by atoms with E-state index in [4.69, 9.17) is 4.74 Å². The number of aliphatic hydroxyl groups excluding tert-OH is 1. The van der Waals surface area contributed by atoms with Gasteiger partial charge in [0.25, 0.3) is 0 Å². The van der Waals surface area contributed by atoms with Crippen LogP contribution in [0.1, 0.15) is 95.8 Å². The summed E-state index contributed by atoms with van der Waals surface area (Å²) in [6.45, 7) is 8.74. The molecule has 6 atom stereocenters. The van der Waals surface area contributed by atoms with Gasteiger partial charge in [-0.1, -0.05) is 58.4 Å². The van der Waals surface area contributed by atoms with Crippen molar-refractivity contribution in [1.29, 1.82) is 0 Å². The lowest BCUT2D eigenvalue weighted by Crippen LogP contribution is -2.40. The van der Waals surface area contributed by atoms with Crippen LogP contribution in [0.5, 0.6) is 0 Å². The molecular formula is C31H49NO5P2S. The number of aliphatic hydroxyl groups is 1. The van der Waals surface area contributed by atoms with Crippen molar-refractivity contribution in [2.75, 3.05) is 12.4 Å². The van der Waals surface area contributed by atoms with Crippen LogP contribution in [0.25, 0.3) is 0 Å². The Bertz CT molecular complexity index is 1100. The van der Waals surface area contributed by atoms with Crippen LogP contribution < -0.4 is 0 Å². The van der Waals surface area contributed by atoms with Crippen LogP contribution in [0, 0.1) is 23.2 Å². The molecule has 9 heteroatoms. The molecule has 1 aromatic carbocycles. The van der Waals surface area contributed by atoms with Crippen molar-refractivity contribution < 1.29 is 23.1 Å². The highest BCUT2D eigenvalue weighted by atomic mass is 32.2. The Labute approximate surface area is 245 Å². The number of esters is 1. The van der Waals surface area contributed by atoms with E-state index in [1.807, 2.05) is 29.0 Å². The quantitative estimate of drug-likeness (QED) is 0.115. The Morgan fingerprint density at radius 3 is 2.25 bits per heavy atom. The maximum absolute atomic E-state index is 13.6. The van der Waals surface area contributed by atoms with Crippen molar-refractivity contribution in [2.24, 2.45) is 23.2 Å². The third-order valence-electron chi connectivity index (χ3n) is 8.84. The van der Waals surface area contributed by atoms with Gasteiger partial charge in [0.05, 0.1) is 24.0 Å². The first kappa shape index (κ1) is 32.1. The van der Waals surface area contributed by atoms with Crippen LogP contribution in [0.2, 0.25) is 0 Å². The SMILES string of the molecule is CCCC/C(=C\C(C)(C)[C@H](C)CS(=O)(=O)N(PC1CC1)PC1CC1)[C@H](O)[C@@H]1CC[C@H]1COC(=O)c1ccccc1. The number of benzene rings is 1. The molecule has 0 heterocycles. The first-order valence-electron chi connectivity index (χ1n) is 15.2. The van der Waals surface area contributed by atoms with Crippen molar-refractivity contribution >= 4 is 33.5 Å². The molecular weight excluding hydrogens is 560 g/mol. The van der Waals surface area contributed by atoms with Gasteiger partial charge in [-0.2, -0.15) is 3.85 Å². The number of carbonyl (C=O) groups is 1. The van der Waals surface area contributed by atoms with Gasteiger partial charge in [-0.25, -0.2) is 13.2 Å². The van der Waals surface area contributed by atoms with E-state index in [0.717, 1.165) is 63.4 Å². The number of rotatable bonds is 17. The molecule has 3 aliphatic carbocycles. The predicted octanol–water partition coefficient (Wildman–Crippen LogP) is 7.15. The number of nitrogens with zero attached hydrogens (tertiary/aromatic N) is 1. The van der Waals surface area contributed by atoms with Crippen LogP contribution in [0.4, 0.5) is 0 Å². The van der Waals surface area contributed by atoms with Crippen molar-refractivity contribution in [1.82, 2.24) is 3.85 Å². The molecule has 0 amide bonds. The minimum absolute atomic E-state index is 0.0523. The monoisotopic (exact) mass is 609 g/mol. The van der Waals surface area contributed by atoms with Gasteiger partial charge in [-0.3, -0.25) is 0 Å². The van der Waals surface area contributed by atoms with E-state index >= 15 is 0 Å². The molecule has 0 aliphatic heterocycles. The van der Waals surface area contributed by atoms with Gasteiger partial charge >= 0.3 is 5.97 Å². The van der Waals surface area contributed by atoms with Crippen LogP contribution >= 0.6 is 17.5 Å². The van der Waals surface area contributed by atoms with Gasteiger partial charge in [0, 0.05) is 0 Å². The fourth-order valence-electron chi connectivity index (χ4n) is 5.20. The second-order valence-electron chi connectivity index (χ2n) is 12.8. The second-order valence-corrected chi connectivity index (χ2v) is 18.8. The molecule has 224 valence electrons. The summed E-state index contributed by atoms with van der Waals surface area (Å²) in [5.74, 6) is -0.0715. The molecule has 1 N–H and O–H groups in total. The average molecular weight is 610 g/mol. The Morgan fingerprint density at radius 1 is 1.10 bits per heavy atom. The van der Waals surface area contributed by atoms with E-state index in [0.29, 0.717) is 41.0 Å². The number of ether oxygens (including phenoxy) is 1. The highest BCUT2D eigenvalue weighted by Crippen LogP contribution is 2.54. The minimum Gasteiger partial charge on any atom is -0.462 e. The molecule has 3 aliphatic rings. The highest BCUT2D eigenvalue weighted by molar-refractivity contribution is 7.97. The second kappa shape index (κ2) is 14.1. The zero-order chi connectivity index (χ0) is 28.9. The Balaban J connectivity index is 1.40. The van der Waals surface area contributed by atoms with Gasteiger partial charge < -0.3 is 9.84 Å². The van der Waals surface area contributed by atoms with E-state index < -0.39 is 16.1 Å². The number of allylic oxidation sites excluding steroid dienone is 1. The molecule has 4 rings (SSSR count). The summed E-state index contributed by atoms with van der Waals surface area (Å²) in [5.41, 5.74) is 2.32. The molecule has 6 nitrogen and oxygen atoms in total. The molecule has 0 saturated heterocycles. The van der Waals surface area contributed by atoms with Crippen molar-refractivity contribution in [3.63, 3.8) is 0 Å². The first-order valence-corrected chi connectivity index (χ1v) is 18.8. The van der Waals surface area contributed by atoms with Gasteiger partial charge in [-0.15, -0.1) is 0 Å². The minimum atomic E-state index is -3.33. The summed E-state index contributed by atoms with van der Waals surface area (Å²) < 4.78 is 34.6. The number of hydrogen-bond donors (Lipinski definition) is 1. The van der Waals surface area contributed by atoms with Crippen LogP contribution in [0.15, 0.2) is 42.0 Å². The summed E-state index contributed by atoms with van der Waals surface area (Å²) in [5, 5.41) is 11.6. The number of sulfonamides is 1. The molecule has 3 saturated carbocycles. The molecule has 0 radical (unpaired) electrons. The lowest BCUT2D eigenvalue weighted by Gasteiger charge is -2.41. The fourth-order valence-corrected chi connectivity index (χ4v) is 11.9. The van der Waals surface area contributed by atoms with E-state index in [-0.39, 0.29) is 34.9 Å². The van der Waals surface area contributed by atoms with Gasteiger partial charge in [0.2, 0.25) is 10.0 Å². The van der Waals surface area contributed by atoms with Crippen LogP contribution in [0.3, 0.4) is 0 Å². The van der Waals surface area contributed by atoms with Gasteiger partial charge in [0.15, 0.2) is 0 Å². The molecule has 1 aromatic rings. The zero-order valence-electron chi connectivity index (χ0n) is 24.6. The topological polar surface area (TPSA) is 83.9 Å². The van der Waals surface area contributed by atoms with E-state index in [1.54, 1.807) is 12.1 Å². The lowest BCUT2D eigenvalue weighted by atomic mass is 9.68. The van der Waals surface area contributed by atoms with Gasteiger partial charge in [-0.05, 0) is 121 Å². The maximum Gasteiger partial charge on any atom is 0.338 e. The third kappa shape index (κ3) is 9.08. The number of unbranched alkanes of at least 4 members (excludes halogenated alkanes) is 1. The average Bonchev–Trinajstić information content (AvgIpc) is 3.82. The Kier molecular flexibility index (Phi) is 11.3. The molecule has 0 spiro atoms. The summed E-state index contributed by atoms with van der Waals surface area (Å²) >= 11 is 0. The number of hydrogen-bond acceptors (Lipinski definition) is 5. The molecule has 0 bridgehead atoms. The molecule has 3 fully saturated rings. The largest absolute Gasteiger partial charge is 0.462 e. The summed E-state index contributed by atoms with van der Waals surface area (Å²) in [7, 11) is -2.52. The number of carbonyl (C=O) groups excluding carboxylic acids is 1. The van der Waals surface area contributed by atoms with E-state index in [9.17, 15) is 18.3 Å². The normalized spacial score (nSPS) is 24.1. The predicted molar refractivity (Wildman–Crippen MR) is 168 cm³/mol. The van der Waals surface area contributed by atoms with Crippen molar-refractivity contribution in [3.05, 3.63) is 47.5 Å². The molecule has 0 aromatic heterocycles. The highest BCUT2D eigenvalue weighted by Gasteiger charge is 2.41. The Hall–Kier alpha value is -0.840. The maximum atomic E-state index is 13.6. The van der Waals surface area contributed by atoms with Crippen molar-refractivity contribution in [2.45, 2.75) is 103 Å². The third-order valence-corrected chi connectivity index (χ3v) is 15.7. The Morgan fingerprint density at radius 2 is 1.73 bits per heavy atom. The summed E-state index contributed by atoms with van der Waals surface area (Å²) in [6.07, 6.45) is 10.9. The summed E-state index contributed by atoms with van der Waals surface area (Å²) in [6, 6.07) is 9.02. The summed E-state index contributed by atoms with van der Waals surface area (Å²) in [4.78, 5) is 12.4. The lowest BCUT2D eigenvalue weighted by molar-refractivity contribution is -0.0125. The smallest absolute Gasteiger partial charge is 0.338 e. The first-order chi connectivity index (χ1) is 19.0. The zero-order valence-corrected chi connectivity index (χ0v) is 27.5. The molecule has 2 unspecified atom stereocenters. The van der Waals surface area contributed by atoms with Crippen LogP contribution in [-0.2, 0) is 14.8 Å². The van der Waals surface area contributed by atoms with E-state index in [1.165, 1.54) is 0 Å².